The summed E-state index contributed by atoms with van der Waals surface area (Å²) in [7, 11) is 2.96. The number of rotatable bonds is 6. The van der Waals surface area contributed by atoms with Gasteiger partial charge in [0.25, 0.3) is 5.92 Å². The zero-order valence-electron chi connectivity index (χ0n) is 16.2. The van der Waals surface area contributed by atoms with Crippen LogP contribution in [0.25, 0.3) is 5.65 Å². The number of halogens is 2. The summed E-state index contributed by atoms with van der Waals surface area (Å²) in [6, 6.07) is 8.43. The molecule has 1 aromatic carbocycles. The van der Waals surface area contributed by atoms with Crippen molar-refractivity contribution in [3.05, 3.63) is 54.0 Å². The average Bonchev–Trinajstić information content (AvgIpc) is 3.02. The van der Waals surface area contributed by atoms with Crippen LogP contribution in [0.2, 0.25) is 0 Å². The van der Waals surface area contributed by atoms with Crippen LogP contribution in [-0.4, -0.2) is 40.6 Å². The first-order valence-corrected chi connectivity index (χ1v) is 9.12. The maximum Gasteiger partial charge on any atom is 0.270 e. The molecule has 1 fully saturated rings. The second-order valence-electron chi connectivity index (χ2n) is 7.24. The van der Waals surface area contributed by atoms with E-state index in [1.165, 1.54) is 14.0 Å². The van der Waals surface area contributed by atoms with Gasteiger partial charge in [0.15, 0.2) is 5.65 Å². The number of hydrogen-bond acceptors (Lipinski definition) is 5. The van der Waals surface area contributed by atoms with E-state index in [-0.39, 0.29) is 0 Å². The molecule has 1 aliphatic carbocycles. The number of nitrogens with one attached hydrogen (secondary N) is 2. The minimum Gasteiger partial charge on any atom is -0.378 e. The number of anilines is 2. The Labute approximate surface area is 166 Å². The molecule has 2 aromatic heterocycles. The largest absolute Gasteiger partial charge is 0.378 e. The van der Waals surface area contributed by atoms with Crippen LogP contribution in [0.1, 0.15) is 24.1 Å². The number of carbonyl (C=O) groups excluding carboxylic acids is 1. The molecule has 0 spiro atoms. The van der Waals surface area contributed by atoms with Gasteiger partial charge in [0.2, 0.25) is 5.91 Å². The van der Waals surface area contributed by atoms with E-state index in [4.69, 9.17) is 4.74 Å². The summed E-state index contributed by atoms with van der Waals surface area (Å²) in [6.45, 7) is 1.62. The van der Waals surface area contributed by atoms with Crippen LogP contribution in [0.4, 0.5) is 20.2 Å². The summed E-state index contributed by atoms with van der Waals surface area (Å²) in [5.41, 5.74) is 1.57. The van der Waals surface area contributed by atoms with Crippen LogP contribution in [0.3, 0.4) is 0 Å². The van der Waals surface area contributed by atoms with E-state index in [0.29, 0.717) is 29.2 Å². The average molecular weight is 401 g/mol. The molecule has 1 saturated carbocycles. The number of benzene rings is 1. The van der Waals surface area contributed by atoms with Gasteiger partial charge in [-0.1, -0.05) is 12.1 Å². The van der Waals surface area contributed by atoms with Crippen molar-refractivity contribution in [2.45, 2.75) is 25.4 Å². The zero-order valence-corrected chi connectivity index (χ0v) is 16.2. The third-order valence-electron chi connectivity index (χ3n) is 5.57. The fourth-order valence-electron chi connectivity index (χ4n) is 3.83. The quantitative estimate of drug-likeness (QED) is 0.664. The molecule has 29 heavy (non-hydrogen) atoms. The van der Waals surface area contributed by atoms with E-state index >= 15 is 0 Å². The van der Waals surface area contributed by atoms with Gasteiger partial charge in [0, 0.05) is 25.9 Å². The second-order valence-corrected chi connectivity index (χ2v) is 7.24. The van der Waals surface area contributed by atoms with Gasteiger partial charge in [-0.25, -0.2) is 18.3 Å². The van der Waals surface area contributed by atoms with E-state index in [2.05, 4.69) is 20.7 Å². The highest BCUT2D eigenvalue weighted by atomic mass is 19.3. The van der Waals surface area contributed by atoms with Crippen LogP contribution in [0.15, 0.2) is 42.7 Å². The molecule has 1 amide bonds. The van der Waals surface area contributed by atoms with Crippen LogP contribution >= 0.6 is 0 Å². The Balaban J connectivity index is 1.59. The first-order valence-electron chi connectivity index (χ1n) is 9.12. The summed E-state index contributed by atoms with van der Waals surface area (Å²) in [4.78, 5) is 16.3. The van der Waals surface area contributed by atoms with E-state index in [1.807, 2.05) is 0 Å². The number of fused-ring (bicyclic) bond motifs is 1. The minimum atomic E-state index is -3.08. The first-order chi connectivity index (χ1) is 13.8. The van der Waals surface area contributed by atoms with E-state index in [1.54, 1.807) is 54.4 Å². The lowest BCUT2D eigenvalue weighted by Crippen LogP contribution is -2.31. The lowest BCUT2D eigenvalue weighted by Gasteiger charge is -2.13. The van der Waals surface area contributed by atoms with Crippen molar-refractivity contribution in [1.29, 1.82) is 0 Å². The number of aromatic nitrogens is 3. The van der Waals surface area contributed by atoms with Gasteiger partial charge in [-0.05, 0) is 24.6 Å². The summed E-state index contributed by atoms with van der Waals surface area (Å²) >= 11 is 0. The molecule has 0 bridgehead atoms. The molecule has 9 heteroatoms. The Morgan fingerprint density at radius 1 is 1.28 bits per heavy atom. The smallest absolute Gasteiger partial charge is 0.270 e. The Kier molecular flexibility index (Phi) is 4.49. The molecule has 0 saturated heterocycles. The van der Waals surface area contributed by atoms with Gasteiger partial charge in [-0.3, -0.25) is 4.79 Å². The number of methoxy groups -OCH3 is 1. The van der Waals surface area contributed by atoms with Gasteiger partial charge in [-0.2, -0.15) is 5.10 Å². The summed E-state index contributed by atoms with van der Waals surface area (Å²) in [5, 5.41) is 9.82. The van der Waals surface area contributed by atoms with Gasteiger partial charge >= 0.3 is 0 Å². The molecular weight excluding hydrogens is 380 g/mol. The molecule has 7 nitrogen and oxygen atoms in total. The van der Waals surface area contributed by atoms with Crippen molar-refractivity contribution >= 4 is 22.9 Å². The first kappa shape index (κ1) is 19.3. The standard InChI is InChI=1S/C20H21F2N5O2/c1-19(18(28)23-2)17(20(19,21)22)12-4-6-13(7-5-12)26-14-10-24-16-8-9-25-27(16)15(14)11-29-3/h4-10,17,26H,11H2,1-3H3,(H,23,28). The molecule has 2 N–H and O–H groups in total. The number of alkyl halides is 2. The van der Waals surface area contributed by atoms with E-state index in [0.717, 1.165) is 5.69 Å². The van der Waals surface area contributed by atoms with Crippen molar-refractivity contribution in [2.75, 3.05) is 19.5 Å². The molecule has 2 heterocycles. The molecule has 4 rings (SSSR count). The maximum atomic E-state index is 14.4. The summed E-state index contributed by atoms with van der Waals surface area (Å²) in [6.07, 6.45) is 3.33. The second kappa shape index (κ2) is 6.77. The Morgan fingerprint density at radius 2 is 2.00 bits per heavy atom. The number of carbonyl (C=O) groups is 1. The highest BCUT2D eigenvalue weighted by Gasteiger charge is 2.82. The van der Waals surface area contributed by atoms with Crippen LogP contribution in [0.5, 0.6) is 0 Å². The van der Waals surface area contributed by atoms with E-state index < -0.39 is 23.2 Å². The third-order valence-corrected chi connectivity index (χ3v) is 5.57. The normalized spacial score (nSPS) is 22.4. The van der Waals surface area contributed by atoms with Crippen molar-refractivity contribution in [2.24, 2.45) is 5.41 Å². The SMILES string of the molecule is CNC(=O)C1(C)C(c2ccc(Nc3cnc4ccnn4c3COC)cc2)C1(F)F. The Hall–Kier alpha value is -3.07. The molecular formula is C20H21F2N5O2. The molecule has 0 aliphatic heterocycles. The van der Waals surface area contributed by atoms with Gasteiger partial charge in [-0.15, -0.1) is 0 Å². The highest BCUT2D eigenvalue weighted by Crippen LogP contribution is 2.71. The molecule has 2 unspecified atom stereocenters. The molecule has 2 atom stereocenters. The summed E-state index contributed by atoms with van der Waals surface area (Å²) < 4.78 is 35.7. The molecule has 0 radical (unpaired) electrons. The summed E-state index contributed by atoms with van der Waals surface area (Å²) in [5.74, 6) is -4.88. The van der Waals surface area contributed by atoms with Crippen molar-refractivity contribution in [1.82, 2.24) is 19.9 Å². The predicted molar refractivity (Wildman–Crippen MR) is 103 cm³/mol. The predicted octanol–water partition coefficient (Wildman–Crippen LogP) is 3.10. The lowest BCUT2D eigenvalue weighted by atomic mass is 10.00. The number of ether oxygens (including phenoxy) is 1. The third kappa shape index (κ3) is 2.84. The van der Waals surface area contributed by atoms with Crippen molar-refractivity contribution in [3.8, 4) is 0 Å². The highest BCUT2D eigenvalue weighted by molar-refractivity contribution is 5.89. The fraction of sp³-hybridized carbons (Fsp3) is 0.350. The van der Waals surface area contributed by atoms with Crippen molar-refractivity contribution in [3.63, 3.8) is 0 Å². The number of hydrogen-bond donors (Lipinski definition) is 2. The van der Waals surface area contributed by atoms with Crippen LogP contribution in [0, 0.1) is 5.41 Å². The van der Waals surface area contributed by atoms with Gasteiger partial charge in [0.1, 0.15) is 5.41 Å². The fourth-order valence-corrected chi connectivity index (χ4v) is 3.83. The van der Waals surface area contributed by atoms with E-state index in [9.17, 15) is 13.6 Å². The zero-order chi connectivity index (χ0) is 20.8. The molecule has 152 valence electrons. The molecule has 3 aromatic rings. The maximum absolute atomic E-state index is 14.4. The Morgan fingerprint density at radius 3 is 2.66 bits per heavy atom. The number of nitrogens with zero attached hydrogens (tertiary/aromatic N) is 3. The van der Waals surface area contributed by atoms with Crippen molar-refractivity contribution < 1.29 is 18.3 Å². The molecule has 1 aliphatic rings. The Bertz CT molecular complexity index is 1070. The number of amides is 1. The lowest BCUT2D eigenvalue weighted by molar-refractivity contribution is -0.128. The monoisotopic (exact) mass is 401 g/mol. The van der Waals surface area contributed by atoms with Gasteiger partial charge in [0.05, 0.1) is 36.3 Å². The minimum absolute atomic E-state index is 0.319. The topological polar surface area (TPSA) is 80.5 Å². The van der Waals surface area contributed by atoms with Gasteiger partial charge < -0.3 is 15.4 Å². The van der Waals surface area contributed by atoms with Crippen LogP contribution < -0.4 is 10.6 Å². The van der Waals surface area contributed by atoms with Crippen LogP contribution in [-0.2, 0) is 16.1 Å².